The van der Waals surface area contributed by atoms with Crippen molar-refractivity contribution in [2.75, 3.05) is 52.9 Å². The van der Waals surface area contributed by atoms with Crippen LogP contribution in [0.15, 0.2) is 18.2 Å². The first-order valence-corrected chi connectivity index (χ1v) is 8.07. The van der Waals surface area contributed by atoms with Crippen molar-refractivity contribution in [2.45, 2.75) is 18.9 Å². The van der Waals surface area contributed by atoms with Crippen LogP contribution in [-0.2, 0) is 9.47 Å². The fraction of sp³-hybridized carbons (Fsp3) is 0.588. The lowest BCUT2D eigenvalue weighted by Gasteiger charge is -2.21. The largest absolute Gasteiger partial charge is 0.493 e. The van der Waals surface area contributed by atoms with Crippen molar-refractivity contribution >= 4 is 11.7 Å². The third kappa shape index (κ3) is 5.28. The van der Waals surface area contributed by atoms with Gasteiger partial charge in [0.25, 0.3) is 0 Å². The van der Waals surface area contributed by atoms with Gasteiger partial charge in [0, 0.05) is 39.1 Å². The normalized spacial score (nSPS) is 16.7. The molecule has 0 aliphatic carbocycles. The van der Waals surface area contributed by atoms with E-state index < -0.39 is 0 Å². The molecule has 1 aliphatic heterocycles. The first-order chi connectivity index (χ1) is 11.6. The van der Waals surface area contributed by atoms with Crippen LogP contribution in [-0.4, -0.2) is 64.7 Å². The van der Waals surface area contributed by atoms with Crippen molar-refractivity contribution in [1.82, 2.24) is 4.90 Å². The van der Waals surface area contributed by atoms with Crippen molar-refractivity contribution in [2.24, 2.45) is 0 Å². The Morgan fingerprint density at radius 3 is 2.83 bits per heavy atom. The van der Waals surface area contributed by atoms with E-state index in [1.807, 2.05) is 0 Å². The fourth-order valence-corrected chi connectivity index (χ4v) is 2.50. The summed E-state index contributed by atoms with van der Waals surface area (Å²) in [6.45, 7) is 2.24. The Labute approximate surface area is 142 Å². The van der Waals surface area contributed by atoms with Gasteiger partial charge in [0.05, 0.1) is 19.8 Å². The molecular weight excluding hydrogens is 312 g/mol. The number of methoxy groups -OCH3 is 2. The van der Waals surface area contributed by atoms with E-state index in [9.17, 15) is 4.79 Å². The molecule has 1 aromatic carbocycles. The summed E-state index contributed by atoms with van der Waals surface area (Å²) < 4.78 is 21.4. The van der Waals surface area contributed by atoms with Crippen molar-refractivity contribution in [3.05, 3.63) is 18.2 Å². The Hall–Kier alpha value is -1.99. The molecule has 134 valence electrons. The third-order valence-corrected chi connectivity index (χ3v) is 3.81. The van der Waals surface area contributed by atoms with Gasteiger partial charge in [-0.05, 0) is 25.0 Å². The van der Waals surface area contributed by atoms with E-state index in [4.69, 9.17) is 18.9 Å². The van der Waals surface area contributed by atoms with E-state index in [1.54, 1.807) is 44.4 Å². The number of nitrogens with one attached hydrogen (secondary N) is 1. The number of urea groups is 1. The number of nitrogens with zero attached hydrogens (tertiary/aromatic N) is 1. The molecule has 1 unspecified atom stereocenters. The molecule has 0 radical (unpaired) electrons. The van der Waals surface area contributed by atoms with Crippen LogP contribution in [0.25, 0.3) is 0 Å². The van der Waals surface area contributed by atoms with Gasteiger partial charge >= 0.3 is 6.03 Å². The second-order valence-electron chi connectivity index (χ2n) is 5.65. The molecule has 1 fully saturated rings. The van der Waals surface area contributed by atoms with Gasteiger partial charge < -0.3 is 29.2 Å². The Balaban J connectivity index is 1.94. The molecule has 1 aliphatic rings. The number of hydrogen-bond donors (Lipinski definition) is 1. The highest BCUT2D eigenvalue weighted by molar-refractivity contribution is 5.89. The molecule has 0 bridgehead atoms. The quantitative estimate of drug-likeness (QED) is 0.737. The lowest BCUT2D eigenvalue weighted by atomic mass is 10.2. The van der Waals surface area contributed by atoms with Crippen LogP contribution in [0.3, 0.4) is 0 Å². The van der Waals surface area contributed by atoms with Gasteiger partial charge in [-0.1, -0.05) is 0 Å². The highest BCUT2D eigenvalue weighted by Crippen LogP contribution is 2.30. The second-order valence-corrected chi connectivity index (χ2v) is 5.65. The van der Waals surface area contributed by atoms with Crippen molar-refractivity contribution < 1.29 is 23.7 Å². The van der Waals surface area contributed by atoms with Gasteiger partial charge in [-0.25, -0.2) is 4.79 Å². The Kier molecular flexibility index (Phi) is 7.14. The highest BCUT2D eigenvalue weighted by atomic mass is 16.5. The van der Waals surface area contributed by atoms with E-state index in [-0.39, 0.29) is 12.1 Å². The number of rotatable bonds is 8. The molecule has 1 N–H and O–H groups in total. The fourth-order valence-electron chi connectivity index (χ4n) is 2.50. The minimum atomic E-state index is -0.182. The zero-order chi connectivity index (χ0) is 17.4. The molecule has 24 heavy (non-hydrogen) atoms. The average Bonchev–Trinajstić information content (AvgIpc) is 3.08. The lowest BCUT2D eigenvalue weighted by Crippen LogP contribution is -2.37. The monoisotopic (exact) mass is 338 g/mol. The minimum absolute atomic E-state index is 0.129. The lowest BCUT2D eigenvalue weighted by molar-refractivity contribution is 0.0894. The summed E-state index contributed by atoms with van der Waals surface area (Å²) in [7, 11) is 4.95. The second kappa shape index (κ2) is 9.34. The molecule has 7 nitrogen and oxygen atoms in total. The van der Waals surface area contributed by atoms with Crippen LogP contribution in [0.1, 0.15) is 12.8 Å². The smallest absolute Gasteiger partial charge is 0.321 e. The van der Waals surface area contributed by atoms with Crippen LogP contribution in [0.4, 0.5) is 10.5 Å². The molecule has 1 aromatic rings. The number of carbonyl (C=O) groups is 1. The Bertz CT molecular complexity index is 532. The molecule has 1 heterocycles. The number of likely N-dealkylation sites (N-methyl/N-ethyl adjacent to an activating group) is 1. The predicted molar refractivity (Wildman–Crippen MR) is 91.0 cm³/mol. The molecule has 0 spiro atoms. The molecule has 2 amide bonds. The van der Waals surface area contributed by atoms with Crippen LogP contribution < -0.4 is 14.8 Å². The summed E-state index contributed by atoms with van der Waals surface area (Å²) in [5.41, 5.74) is 0.646. The number of amides is 2. The maximum Gasteiger partial charge on any atom is 0.321 e. The molecule has 1 atom stereocenters. The SMILES string of the molecule is COCCOc1cc(NC(=O)N(C)CC2CCCO2)ccc1OC. The van der Waals surface area contributed by atoms with E-state index in [0.717, 1.165) is 19.4 Å². The van der Waals surface area contributed by atoms with Crippen LogP contribution in [0.2, 0.25) is 0 Å². The summed E-state index contributed by atoms with van der Waals surface area (Å²) in [5.74, 6) is 1.17. The Morgan fingerprint density at radius 2 is 2.17 bits per heavy atom. The number of hydrogen-bond acceptors (Lipinski definition) is 5. The molecule has 1 saturated heterocycles. The average molecular weight is 338 g/mol. The predicted octanol–water partition coefficient (Wildman–Crippen LogP) is 2.36. The number of anilines is 1. The van der Waals surface area contributed by atoms with Crippen LogP contribution >= 0.6 is 0 Å². The summed E-state index contributed by atoms with van der Waals surface area (Å²) >= 11 is 0. The molecule has 0 saturated carbocycles. The number of ether oxygens (including phenoxy) is 4. The van der Waals surface area contributed by atoms with Gasteiger partial charge in [0.15, 0.2) is 11.5 Å². The molecule has 0 aromatic heterocycles. The van der Waals surface area contributed by atoms with E-state index >= 15 is 0 Å². The van der Waals surface area contributed by atoms with Gasteiger partial charge in [-0.15, -0.1) is 0 Å². The minimum Gasteiger partial charge on any atom is -0.493 e. The summed E-state index contributed by atoms with van der Waals surface area (Å²) in [6, 6.07) is 5.10. The summed E-state index contributed by atoms with van der Waals surface area (Å²) in [4.78, 5) is 13.9. The molecule has 7 heteroatoms. The van der Waals surface area contributed by atoms with Crippen molar-refractivity contribution in [3.63, 3.8) is 0 Å². The molecular formula is C17H26N2O5. The zero-order valence-corrected chi connectivity index (χ0v) is 14.5. The van der Waals surface area contributed by atoms with Gasteiger partial charge in [0.2, 0.25) is 0 Å². The number of benzene rings is 1. The summed E-state index contributed by atoms with van der Waals surface area (Å²) in [6.07, 6.45) is 2.18. The van der Waals surface area contributed by atoms with E-state index in [1.165, 1.54) is 0 Å². The summed E-state index contributed by atoms with van der Waals surface area (Å²) in [5, 5.41) is 2.86. The van der Waals surface area contributed by atoms with Gasteiger partial charge in [-0.3, -0.25) is 0 Å². The van der Waals surface area contributed by atoms with Crippen molar-refractivity contribution in [3.8, 4) is 11.5 Å². The maximum atomic E-state index is 12.3. The van der Waals surface area contributed by atoms with Crippen LogP contribution in [0.5, 0.6) is 11.5 Å². The first-order valence-electron chi connectivity index (χ1n) is 8.07. The first kappa shape index (κ1) is 18.4. The highest BCUT2D eigenvalue weighted by Gasteiger charge is 2.20. The maximum absolute atomic E-state index is 12.3. The standard InChI is InChI=1S/C17H26N2O5/c1-19(12-14-5-4-8-23-14)17(20)18-13-6-7-15(22-3)16(11-13)24-10-9-21-2/h6-7,11,14H,4-5,8-10,12H2,1-3H3,(H,18,20). The van der Waals surface area contributed by atoms with Crippen LogP contribution in [0, 0.1) is 0 Å². The van der Waals surface area contributed by atoms with Gasteiger partial charge in [-0.2, -0.15) is 0 Å². The zero-order valence-electron chi connectivity index (χ0n) is 14.5. The Morgan fingerprint density at radius 1 is 1.33 bits per heavy atom. The topological polar surface area (TPSA) is 69.3 Å². The van der Waals surface area contributed by atoms with E-state index in [2.05, 4.69) is 5.32 Å². The van der Waals surface area contributed by atoms with Gasteiger partial charge in [0.1, 0.15) is 6.61 Å². The molecule has 2 rings (SSSR count). The number of carbonyl (C=O) groups excluding carboxylic acids is 1. The van der Waals surface area contributed by atoms with E-state index in [0.29, 0.717) is 36.9 Å². The van der Waals surface area contributed by atoms with Crippen molar-refractivity contribution in [1.29, 1.82) is 0 Å². The third-order valence-electron chi connectivity index (χ3n) is 3.81.